The summed E-state index contributed by atoms with van der Waals surface area (Å²) in [5.41, 5.74) is 0. The molecule has 0 radical (unpaired) electrons. The summed E-state index contributed by atoms with van der Waals surface area (Å²) in [4.78, 5) is 11.4. The highest BCUT2D eigenvalue weighted by molar-refractivity contribution is 7.55. The van der Waals surface area contributed by atoms with Crippen LogP contribution in [-0.4, -0.2) is 29.4 Å². The average molecular weight is 322 g/mol. The van der Waals surface area contributed by atoms with Crippen LogP contribution in [0.2, 0.25) is 0 Å². The lowest BCUT2D eigenvalue weighted by molar-refractivity contribution is -0.138. The molecule has 5 nitrogen and oxygen atoms in total. The number of carboxylic acid groups (broad SMARTS) is 1. The van der Waals surface area contributed by atoms with Gasteiger partial charge in [-0.05, 0) is 26.7 Å². The number of hydrogen-bond donors (Lipinski definition) is 1. The Morgan fingerprint density at radius 2 is 1.43 bits per heavy atom. The molecule has 0 bridgehead atoms. The van der Waals surface area contributed by atoms with Gasteiger partial charge in [0.15, 0.2) is 0 Å². The number of aliphatic carboxylic acids is 1. The summed E-state index contributed by atoms with van der Waals surface area (Å²) in [5, 5.41) is 8.41. The summed E-state index contributed by atoms with van der Waals surface area (Å²) in [7, 11) is -3.45. The van der Waals surface area contributed by atoms with Crippen molar-refractivity contribution in [2.24, 2.45) is 0 Å². The highest BCUT2D eigenvalue weighted by Crippen LogP contribution is 2.65. The third kappa shape index (κ3) is 6.09. The van der Waals surface area contributed by atoms with Gasteiger partial charge in [0.25, 0.3) is 0 Å². The topological polar surface area (TPSA) is 72.8 Å². The normalized spacial score (nSPS) is 12.6. The van der Waals surface area contributed by atoms with E-state index < -0.39 is 18.7 Å². The van der Waals surface area contributed by atoms with E-state index in [-0.39, 0.29) is 19.6 Å². The van der Waals surface area contributed by atoms with E-state index in [4.69, 9.17) is 9.05 Å². The van der Waals surface area contributed by atoms with E-state index in [9.17, 15) is 14.5 Å². The predicted molar refractivity (Wildman–Crippen MR) is 84.9 cm³/mol. The van der Waals surface area contributed by atoms with Gasteiger partial charge in [-0.3, -0.25) is 9.36 Å². The van der Waals surface area contributed by atoms with E-state index in [1.54, 1.807) is 13.8 Å². The number of carbonyl (C=O) groups is 1. The van der Waals surface area contributed by atoms with Gasteiger partial charge in [-0.15, -0.1) is 0 Å². The minimum atomic E-state index is -3.45. The maximum Gasteiger partial charge on any atom is 0.337 e. The van der Waals surface area contributed by atoms with Crippen LogP contribution in [0, 0.1) is 0 Å². The molecule has 0 aromatic rings. The Kier molecular flexibility index (Phi) is 10.2. The number of unbranched alkanes of at least 4 members (excludes halogenated alkanes) is 2. The lowest BCUT2D eigenvalue weighted by atomic mass is 9.91. The predicted octanol–water partition coefficient (Wildman–Crippen LogP) is 4.85. The molecule has 1 N–H and O–H groups in total. The van der Waals surface area contributed by atoms with E-state index >= 15 is 0 Å². The first-order valence-electron chi connectivity index (χ1n) is 8.02. The second-order valence-electron chi connectivity index (χ2n) is 5.33. The monoisotopic (exact) mass is 322 g/mol. The van der Waals surface area contributed by atoms with Crippen molar-refractivity contribution < 1.29 is 23.5 Å². The van der Waals surface area contributed by atoms with E-state index in [0.29, 0.717) is 12.8 Å². The van der Waals surface area contributed by atoms with Gasteiger partial charge in [0, 0.05) is 0 Å². The van der Waals surface area contributed by atoms with Crippen molar-refractivity contribution in [1.82, 2.24) is 0 Å². The van der Waals surface area contributed by atoms with Crippen LogP contribution in [-0.2, 0) is 18.4 Å². The number of rotatable bonds is 13. The Labute approximate surface area is 128 Å². The number of carboxylic acids is 1. The third-order valence-electron chi connectivity index (χ3n) is 3.65. The summed E-state index contributed by atoms with van der Waals surface area (Å²) in [6, 6.07) is 0. The largest absolute Gasteiger partial charge is 0.481 e. The van der Waals surface area contributed by atoms with Crippen LogP contribution in [0.5, 0.6) is 0 Å². The van der Waals surface area contributed by atoms with Gasteiger partial charge in [-0.25, -0.2) is 0 Å². The zero-order chi connectivity index (χ0) is 16.4. The Balaban J connectivity index is 5.62. The smallest absolute Gasteiger partial charge is 0.337 e. The SMILES string of the molecule is CCCCC(CCCC)(CC(=O)O)P(=O)(OCC)OCC. The van der Waals surface area contributed by atoms with Gasteiger partial charge in [-0.2, -0.15) is 0 Å². The molecule has 0 aliphatic carbocycles. The molecular formula is C15H31O5P. The molecule has 0 saturated heterocycles. The second-order valence-corrected chi connectivity index (χ2v) is 7.79. The van der Waals surface area contributed by atoms with Gasteiger partial charge in [-0.1, -0.05) is 39.5 Å². The van der Waals surface area contributed by atoms with Gasteiger partial charge < -0.3 is 14.2 Å². The van der Waals surface area contributed by atoms with E-state index in [2.05, 4.69) is 0 Å². The minimum Gasteiger partial charge on any atom is -0.481 e. The molecule has 0 saturated carbocycles. The van der Waals surface area contributed by atoms with Crippen molar-refractivity contribution in [1.29, 1.82) is 0 Å². The van der Waals surface area contributed by atoms with Crippen LogP contribution in [0.1, 0.15) is 72.6 Å². The molecule has 126 valence electrons. The molecule has 21 heavy (non-hydrogen) atoms. The van der Waals surface area contributed by atoms with Crippen LogP contribution in [0.15, 0.2) is 0 Å². The maximum atomic E-state index is 13.3. The maximum absolute atomic E-state index is 13.3. The first kappa shape index (κ1) is 20.6. The molecule has 0 aromatic heterocycles. The van der Waals surface area contributed by atoms with Crippen LogP contribution < -0.4 is 0 Å². The summed E-state index contributed by atoms with van der Waals surface area (Å²) in [6.07, 6.45) is 4.45. The van der Waals surface area contributed by atoms with Gasteiger partial charge in [0.1, 0.15) is 0 Å². The van der Waals surface area contributed by atoms with Crippen molar-refractivity contribution in [3.63, 3.8) is 0 Å². The standard InChI is InChI=1S/C15H31O5P/c1-5-9-11-15(12-10-6-2,13-14(16)17)21(18,19-7-3)20-8-4/h5-13H2,1-4H3,(H,16,17). The fraction of sp³-hybridized carbons (Fsp3) is 0.933. The van der Waals surface area contributed by atoms with Crippen LogP contribution in [0.25, 0.3) is 0 Å². The molecule has 0 aliphatic rings. The zero-order valence-corrected chi connectivity index (χ0v) is 14.8. The van der Waals surface area contributed by atoms with Gasteiger partial charge >= 0.3 is 13.6 Å². The molecule has 0 amide bonds. The lowest BCUT2D eigenvalue weighted by Gasteiger charge is -2.38. The molecule has 0 unspecified atom stereocenters. The highest BCUT2D eigenvalue weighted by atomic mass is 31.2. The minimum absolute atomic E-state index is 0.162. The summed E-state index contributed by atoms with van der Waals surface area (Å²) in [6.45, 7) is 8.12. The molecule has 0 spiro atoms. The first-order valence-corrected chi connectivity index (χ1v) is 9.56. The molecule has 0 heterocycles. The summed E-state index contributed by atoms with van der Waals surface area (Å²) in [5.74, 6) is -0.943. The highest BCUT2D eigenvalue weighted by Gasteiger charge is 2.51. The molecule has 0 atom stereocenters. The van der Waals surface area contributed by atoms with E-state index in [1.165, 1.54) is 0 Å². The zero-order valence-electron chi connectivity index (χ0n) is 13.9. The fourth-order valence-electron chi connectivity index (χ4n) is 2.62. The molecule has 0 fully saturated rings. The molecule has 0 rings (SSSR count). The Hall–Kier alpha value is -0.380. The van der Waals surface area contributed by atoms with E-state index in [1.807, 2.05) is 13.8 Å². The van der Waals surface area contributed by atoms with Crippen molar-refractivity contribution in [2.75, 3.05) is 13.2 Å². The van der Waals surface area contributed by atoms with Crippen molar-refractivity contribution in [3.8, 4) is 0 Å². The first-order chi connectivity index (χ1) is 9.91. The Morgan fingerprint density at radius 1 is 1.00 bits per heavy atom. The third-order valence-corrected chi connectivity index (χ3v) is 6.61. The summed E-state index contributed by atoms with van der Waals surface area (Å²) >= 11 is 0. The second kappa shape index (κ2) is 10.4. The molecular weight excluding hydrogens is 291 g/mol. The Bertz CT molecular complexity index is 325. The fourth-order valence-corrected chi connectivity index (χ4v) is 5.11. The van der Waals surface area contributed by atoms with Crippen LogP contribution in [0.3, 0.4) is 0 Å². The quantitative estimate of drug-likeness (QED) is 0.491. The van der Waals surface area contributed by atoms with E-state index in [0.717, 1.165) is 25.7 Å². The van der Waals surface area contributed by atoms with Crippen molar-refractivity contribution in [3.05, 3.63) is 0 Å². The molecule has 0 aliphatic heterocycles. The number of hydrogen-bond acceptors (Lipinski definition) is 4. The van der Waals surface area contributed by atoms with Crippen molar-refractivity contribution in [2.45, 2.75) is 77.8 Å². The van der Waals surface area contributed by atoms with Crippen molar-refractivity contribution >= 4 is 13.6 Å². The van der Waals surface area contributed by atoms with Gasteiger partial charge in [0.2, 0.25) is 0 Å². The van der Waals surface area contributed by atoms with Crippen LogP contribution >= 0.6 is 7.60 Å². The van der Waals surface area contributed by atoms with Gasteiger partial charge in [0.05, 0.1) is 24.8 Å². The average Bonchev–Trinajstić information content (AvgIpc) is 2.41. The summed E-state index contributed by atoms with van der Waals surface area (Å²) < 4.78 is 24.3. The molecule has 6 heteroatoms. The molecule has 0 aromatic carbocycles. The van der Waals surface area contributed by atoms with Crippen LogP contribution in [0.4, 0.5) is 0 Å². The Morgan fingerprint density at radius 3 is 1.71 bits per heavy atom. The lowest BCUT2D eigenvalue weighted by Crippen LogP contribution is -2.34.